The number of nitrogens with zero attached hydrogens (tertiary/aromatic N) is 3. The zero-order valence-corrected chi connectivity index (χ0v) is 25.4. The SMILES string of the molecule is C=CCCOC(=O)[C@H]1[C@H]2C(=O)N([C@H](CO)c3ccccc3)C(C(=O)N(CC=C)CCN3CCOCC3)C23CC(Br)[C@@H]1O3. The molecule has 4 fully saturated rings. The normalized spacial score (nSPS) is 31.0. The molecule has 4 saturated heterocycles. The summed E-state index contributed by atoms with van der Waals surface area (Å²) < 4.78 is 17.6. The van der Waals surface area contributed by atoms with Gasteiger partial charge in [-0.05, 0) is 18.4 Å². The molecule has 228 valence electrons. The van der Waals surface area contributed by atoms with Gasteiger partial charge in [-0.15, -0.1) is 13.2 Å². The highest BCUT2D eigenvalue weighted by molar-refractivity contribution is 9.09. The number of likely N-dealkylation sites (tertiary alicyclic amines) is 1. The average Bonchev–Trinajstić information content (AvgIpc) is 3.60. The maximum atomic E-state index is 14.7. The number of amides is 2. The lowest BCUT2D eigenvalue weighted by molar-refractivity contribution is -0.156. The molecule has 42 heavy (non-hydrogen) atoms. The highest BCUT2D eigenvalue weighted by atomic mass is 79.9. The van der Waals surface area contributed by atoms with E-state index in [1.807, 2.05) is 30.3 Å². The lowest BCUT2D eigenvalue weighted by Gasteiger charge is -2.40. The number of benzene rings is 1. The van der Waals surface area contributed by atoms with Gasteiger partial charge < -0.3 is 29.1 Å². The predicted octanol–water partition coefficient (Wildman–Crippen LogP) is 1.93. The minimum atomic E-state index is -1.25. The fourth-order valence-corrected chi connectivity index (χ4v) is 7.97. The molecular formula is C31H40BrN3O7. The Bertz CT molecular complexity index is 1160. The molecule has 10 nitrogen and oxygen atoms in total. The van der Waals surface area contributed by atoms with Crippen LogP contribution in [0.1, 0.15) is 24.4 Å². The monoisotopic (exact) mass is 645 g/mol. The number of carbonyl (C=O) groups is 3. The smallest absolute Gasteiger partial charge is 0.312 e. The second-order valence-electron chi connectivity index (χ2n) is 11.3. The van der Waals surface area contributed by atoms with Gasteiger partial charge >= 0.3 is 5.97 Å². The molecule has 5 rings (SSSR count). The summed E-state index contributed by atoms with van der Waals surface area (Å²) >= 11 is 3.70. The Morgan fingerprint density at radius 2 is 1.95 bits per heavy atom. The summed E-state index contributed by atoms with van der Waals surface area (Å²) in [5.74, 6) is -2.97. The second kappa shape index (κ2) is 13.4. The molecule has 2 amide bonds. The van der Waals surface area contributed by atoms with E-state index in [4.69, 9.17) is 14.2 Å². The Morgan fingerprint density at radius 1 is 1.21 bits per heavy atom. The summed E-state index contributed by atoms with van der Waals surface area (Å²) in [4.78, 5) is 47.8. The maximum absolute atomic E-state index is 14.7. The molecule has 1 spiro atoms. The first-order valence-corrected chi connectivity index (χ1v) is 15.6. The van der Waals surface area contributed by atoms with E-state index in [9.17, 15) is 19.5 Å². The lowest BCUT2D eigenvalue weighted by Crippen LogP contribution is -2.58. The molecule has 4 heterocycles. The highest BCUT2D eigenvalue weighted by Gasteiger charge is 2.77. The van der Waals surface area contributed by atoms with Crippen LogP contribution < -0.4 is 0 Å². The van der Waals surface area contributed by atoms with Gasteiger partial charge in [0.1, 0.15) is 11.6 Å². The third kappa shape index (κ3) is 5.57. The minimum Gasteiger partial charge on any atom is -0.465 e. The molecule has 1 aromatic carbocycles. The molecule has 0 radical (unpaired) electrons. The van der Waals surface area contributed by atoms with E-state index in [1.165, 1.54) is 4.90 Å². The van der Waals surface area contributed by atoms with Crippen molar-refractivity contribution in [1.29, 1.82) is 0 Å². The third-order valence-corrected chi connectivity index (χ3v) is 9.79. The standard InChI is InChI=1S/C31H40BrN3O7/c1-3-5-16-41-30(39)24-25-28(37)35(23(20-36)21-9-7-6-8-10-21)27(31(25)19-22(32)26(24)42-31)29(38)34(11-4-2)13-12-33-14-17-40-18-15-33/h3-4,6-10,22-27,36H,1-2,5,11-20H2/t22?,23-,24+,25+,26+,27?,31?/m1/s1. The molecular weight excluding hydrogens is 606 g/mol. The van der Waals surface area contributed by atoms with Crippen molar-refractivity contribution in [3.63, 3.8) is 0 Å². The zero-order valence-electron chi connectivity index (χ0n) is 23.8. The van der Waals surface area contributed by atoms with Crippen molar-refractivity contribution in [2.45, 2.75) is 41.5 Å². The summed E-state index contributed by atoms with van der Waals surface area (Å²) in [6.45, 7) is 11.5. The number of aliphatic hydroxyl groups excluding tert-OH is 1. The summed E-state index contributed by atoms with van der Waals surface area (Å²) in [5.41, 5.74) is -0.559. The van der Waals surface area contributed by atoms with Crippen molar-refractivity contribution in [2.75, 3.05) is 59.2 Å². The van der Waals surface area contributed by atoms with E-state index in [0.29, 0.717) is 44.7 Å². The van der Waals surface area contributed by atoms with Crippen molar-refractivity contribution in [2.24, 2.45) is 11.8 Å². The first kappa shape index (κ1) is 30.9. The molecule has 0 saturated carbocycles. The molecule has 1 N–H and O–H groups in total. The summed E-state index contributed by atoms with van der Waals surface area (Å²) in [6.07, 6.45) is 3.58. The van der Waals surface area contributed by atoms with Crippen LogP contribution in [0.15, 0.2) is 55.6 Å². The van der Waals surface area contributed by atoms with E-state index in [2.05, 4.69) is 34.0 Å². The largest absolute Gasteiger partial charge is 0.465 e. The van der Waals surface area contributed by atoms with Crippen LogP contribution in [-0.2, 0) is 28.6 Å². The highest BCUT2D eigenvalue weighted by Crippen LogP contribution is 2.61. The van der Waals surface area contributed by atoms with Crippen LogP contribution in [-0.4, -0.2) is 119 Å². The van der Waals surface area contributed by atoms with Crippen molar-refractivity contribution in [3.8, 4) is 0 Å². The van der Waals surface area contributed by atoms with Crippen LogP contribution in [0, 0.1) is 11.8 Å². The van der Waals surface area contributed by atoms with Gasteiger partial charge in [0.2, 0.25) is 11.8 Å². The van der Waals surface area contributed by atoms with Gasteiger partial charge in [-0.2, -0.15) is 0 Å². The number of alkyl halides is 1. The fourth-order valence-electron chi connectivity index (χ4n) is 7.03. The third-order valence-electron chi connectivity index (χ3n) is 8.94. The number of ether oxygens (including phenoxy) is 3. The Labute approximate surface area is 255 Å². The van der Waals surface area contributed by atoms with E-state index in [0.717, 1.165) is 13.1 Å². The fraction of sp³-hybridized carbons (Fsp3) is 0.581. The van der Waals surface area contributed by atoms with Crippen molar-refractivity contribution in [1.82, 2.24) is 14.7 Å². The Kier molecular flexibility index (Phi) is 9.84. The van der Waals surface area contributed by atoms with Crippen LogP contribution in [0.4, 0.5) is 0 Å². The number of hydrogen-bond donors (Lipinski definition) is 1. The van der Waals surface area contributed by atoms with Gasteiger partial charge in [0.15, 0.2) is 0 Å². The summed E-state index contributed by atoms with van der Waals surface area (Å²) in [7, 11) is 0. The lowest BCUT2D eigenvalue weighted by atomic mass is 9.70. The van der Waals surface area contributed by atoms with Gasteiger partial charge in [0, 0.05) is 37.6 Å². The molecule has 4 aliphatic heterocycles. The molecule has 11 heteroatoms. The maximum Gasteiger partial charge on any atom is 0.312 e. The molecule has 0 aromatic heterocycles. The first-order valence-electron chi connectivity index (χ1n) is 14.6. The topological polar surface area (TPSA) is 109 Å². The summed E-state index contributed by atoms with van der Waals surface area (Å²) in [5, 5.41) is 10.7. The van der Waals surface area contributed by atoms with Crippen molar-refractivity contribution in [3.05, 3.63) is 61.2 Å². The quantitative estimate of drug-likeness (QED) is 0.150. The number of carbonyl (C=O) groups excluding carboxylic acids is 3. The van der Waals surface area contributed by atoms with Gasteiger partial charge in [0.05, 0.1) is 50.4 Å². The Hall–Kier alpha value is -2.57. The number of aliphatic hydroxyl groups is 1. The molecule has 0 aliphatic carbocycles. The van der Waals surface area contributed by atoms with Gasteiger partial charge in [-0.25, -0.2) is 0 Å². The number of rotatable bonds is 13. The number of halogens is 1. The predicted molar refractivity (Wildman–Crippen MR) is 159 cm³/mol. The van der Waals surface area contributed by atoms with E-state index < -0.39 is 48.2 Å². The Morgan fingerprint density at radius 3 is 2.62 bits per heavy atom. The number of esters is 1. The van der Waals surface area contributed by atoms with Crippen LogP contribution in [0.25, 0.3) is 0 Å². The molecule has 1 aromatic rings. The summed E-state index contributed by atoms with van der Waals surface area (Å²) in [6, 6.07) is 7.32. The van der Waals surface area contributed by atoms with Crippen molar-refractivity contribution >= 4 is 33.7 Å². The van der Waals surface area contributed by atoms with E-state index >= 15 is 0 Å². The van der Waals surface area contributed by atoms with E-state index in [-0.39, 0.29) is 29.8 Å². The van der Waals surface area contributed by atoms with E-state index in [1.54, 1.807) is 17.1 Å². The van der Waals surface area contributed by atoms with Crippen LogP contribution >= 0.6 is 15.9 Å². The minimum absolute atomic E-state index is 0.149. The van der Waals surface area contributed by atoms with Gasteiger partial charge in [0.25, 0.3) is 0 Å². The average molecular weight is 647 g/mol. The van der Waals surface area contributed by atoms with Crippen molar-refractivity contribution < 1.29 is 33.7 Å². The first-order chi connectivity index (χ1) is 20.4. The Balaban J connectivity index is 1.53. The number of hydrogen-bond acceptors (Lipinski definition) is 8. The van der Waals surface area contributed by atoms with Gasteiger partial charge in [-0.3, -0.25) is 19.3 Å². The number of morpholine rings is 1. The molecule has 7 atom stereocenters. The zero-order chi connectivity index (χ0) is 29.9. The molecule has 2 bridgehead atoms. The number of fused-ring (bicyclic) bond motifs is 1. The van der Waals surface area contributed by atoms with Gasteiger partial charge in [-0.1, -0.05) is 58.4 Å². The molecule has 3 unspecified atom stereocenters. The van der Waals surface area contributed by atoms with Crippen LogP contribution in [0.3, 0.4) is 0 Å². The second-order valence-corrected chi connectivity index (χ2v) is 12.5. The van der Waals surface area contributed by atoms with Crippen LogP contribution in [0.2, 0.25) is 0 Å². The molecule has 4 aliphatic rings. The van der Waals surface area contributed by atoms with Crippen LogP contribution in [0.5, 0.6) is 0 Å².